The Hall–Kier alpha value is -1.59. The highest BCUT2D eigenvalue weighted by atomic mass is 32.2. The number of rotatable bonds is 6. The summed E-state index contributed by atoms with van der Waals surface area (Å²) in [6.45, 7) is 0. The van der Waals surface area contributed by atoms with E-state index < -0.39 is 12.0 Å². The molecule has 0 spiro atoms. The molecule has 1 aromatic carbocycles. The third-order valence-electron chi connectivity index (χ3n) is 2.77. The van der Waals surface area contributed by atoms with Gasteiger partial charge in [0.2, 0.25) is 0 Å². The minimum atomic E-state index is -0.948. The zero-order valence-corrected chi connectivity index (χ0v) is 11.3. The lowest BCUT2D eigenvalue weighted by atomic mass is 10.2. The molecule has 1 heterocycles. The number of para-hydroxylation sites is 1. The van der Waals surface area contributed by atoms with Gasteiger partial charge in [-0.25, -0.2) is 0 Å². The van der Waals surface area contributed by atoms with Crippen molar-refractivity contribution in [3.05, 3.63) is 42.1 Å². The van der Waals surface area contributed by atoms with Gasteiger partial charge in [0.1, 0.15) is 6.04 Å². The van der Waals surface area contributed by atoms with E-state index in [-0.39, 0.29) is 0 Å². The zero-order valence-electron chi connectivity index (χ0n) is 10.5. The second-order valence-corrected chi connectivity index (χ2v) is 5.41. The van der Waals surface area contributed by atoms with E-state index in [4.69, 9.17) is 10.8 Å². The molecule has 0 fully saturated rings. The summed E-state index contributed by atoms with van der Waals surface area (Å²) in [5, 5.41) is 9.80. The second-order valence-electron chi connectivity index (χ2n) is 4.26. The standard InChI is InChI=1S/C14H16N2O2S/c15-12(14(17)18)9-19-8-7-11-6-5-10-3-1-2-4-13(10)16-11/h1-6,12H,7-9,15H2,(H,17,18)/t12-/m0/s1. The summed E-state index contributed by atoms with van der Waals surface area (Å²) in [6, 6.07) is 11.3. The van der Waals surface area contributed by atoms with Crippen LogP contribution in [-0.2, 0) is 11.2 Å². The number of carboxylic acids is 1. The first-order valence-electron chi connectivity index (χ1n) is 6.07. The van der Waals surface area contributed by atoms with Crippen LogP contribution in [0, 0.1) is 0 Å². The Morgan fingerprint density at radius 1 is 1.32 bits per heavy atom. The van der Waals surface area contributed by atoms with E-state index in [1.807, 2.05) is 30.3 Å². The van der Waals surface area contributed by atoms with Gasteiger partial charge in [0, 0.05) is 16.8 Å². The van der Waals surface area contributed by atoms with Gasteiger partial charge in [-0.1, -0.05) is 24.3 Å². The largest absolute Gasteiger partial charge is 0.480 e. The van der Waals surface area contributed by atoms with E-state index in [9.17, 15) is 4.79 Å². The highest BCUT2D eigenvalue weighted by Crippen LogP contribution is 2.13. The first-order valence-corrected chi connectivity index (χ1v) is 7.23. The number of benzene rings is 1. The summed E-state index contributed by atoms with van der Waals surface area (Å²) in [7, 11) is 0. The van der Waals surface area contributed by atoms with Crippen LogP contribution < -0.4 is 5.73 Å². The molecule has 0 bridgehead atoms. The van der Waals surface area contributed by atoms with E-state index in [1.54, 1.807) is 11.8 Å². The molecule has 4 nitrogen and oxygen atoms in total. The Balaban J connectivity index is 1.86. The van der Waals surface area contributed by atoms with Crippen molar-refractivity contribution in [2.24, 2.45) is 5.73 Å². The SMILES string of the molecule is N[C@@H](CSCCc1ccc2ccccc2n1)C(=O)O. The Bertz CT molecular complexity index is 574. The number of aromatic nitrogens is 1. The molecule has 1 aromatic heterocycles. The predicted molar refractivity (Wildman–Crippen MR) is 78.4 cm³/mol. The normalized spacial score (nSPS) is 12.5. The Labute approximate surface area is 116 Å². The molecule has 100 valence electrons. The van der Waals surface area contributed by atoms with Crippen LogP contribution in [0.2, 0.25) is 0 Å². The summed E-state index contributed by atoms with van der Waals surface area (Å²) in [6.07, 6.45) is 0.821. The van der Waals surface area contributed by atoms with Crippen molar-refractivity contribution in [3.8, 4) is 0 Å². The van der Waals surface area contributed by atoms with Crippen LogP contribution in [0.4, 0.5) is 0 Å². The van der Waals surface area contributed by atoms with Gasteiger partial charge in [0.25, 0.3) is 0 Å². The molecule has 2 rings (SSSR count). The summed E-state index contributed by atoms with van der Waals surface area (Å²) < 4.78 is 0. The zero-order chi connectivity index (χ0) is 13.7. The number of hydrogen-bond acceptors (Lipinski definition) is 4. The molecule has 0 amide bonds. The van der Waals surface area contributed by atoms with Gasteiger partial charge in [-0.05, 0) is 24.3 Å². The maximum Gasteiger partial charge on any atom is 0.321 e. The van der Waals surface area contributed by atoms with Gasteiger partial charge in [0.15, 0.2) is 0 Å². The second kappa shape index (κ2) is 6.54. The van der Waals surface area contributed by atoms with Crippen LogP contribution in [0.3, 0.4) is 0 Å². The van der Waals surface area contributed by atoms with Crippen LogP contribution >= 0.6 is 11.8 Å². The van der Waals surface area contributed by atoms with Crippen molar-refractivity contribution in [2.75, 3.05) is 11.5 Å². The molecule has 0 saturated carbocycles. The molecule has 0 saturated heterocycles. The van der Waals surface area contributed by atoms with Crippen molar-refractivity contribution >= 4 is 28.6 Å². The first-order chi connectivity index (χ1) is 9.16. The van der Waals surface area contributed by atoms with Gasteiger partial charge >= 0.3 is 5.97 Å². The van der Waals surface area contributed by atoms with Crippen molar-refractivity contribution < 1.29 is 9.90 Å². The highest BCUT2D eigenvalue weighted by Gasteiger charge is 2.10. The fourth-order valence-corrected chi connectivity index (χ4v) is 2.62. The Morgan fingerprint density at radius 2 is 2.11 bits per heavy atom. The number of nitrogens with two attached hydrogens (primary N) is 1. The van der Waals surface area contributed by atoms with E-state index >= 15 is 0 Å². The average molecular weight is 276 g/mol. The van der Waals surface area contributed by atoms with E-state index in [2.05, 4.69) is 11.1 Å². The van der Waals surface area contributed by atoms with Gasteiger partial charge in [0.05, 0.1) is 5.52 Å². The van der Waals surface area contributed by atoms with Gasteiger partial charge in [-0.2, -0.15) is 11.8 Å². The fourth-order valence-electron chi connectivity index (χ4n) is 1.71. The maximum atomic E-state index is 10.6. The molecule has 2 aromatic rings. The molecule has 0 aliphatic rings. The minimum absolute atomic E-state index is 0.433. The minimum Gasteiger partial charge on any atom is -0.480 e. The first kappa shape index (κ1) is 13.8. The van der Waals surface area contributed by atoms with Crippen molar-refractivity contribution in [1.82, 2.24) is 4.98 Å². The van der Waals surface area contributed by atoms with Gasteiger partial charge in [-0.3, -0.25) is 9.78 Å². The number of nitrogens with zero attached hydrogens (tertiary/aromatic N) is 1. The molecule has 1 atom stereocenters. The lowest BCUT2D eigenvalue weighted by molar-refractivity contribution is -0.137. The Morgan fingerprint density at radius 3 is 2.89 bits per heavy atom. The number of carbonyl (C=O) groups is 1. The third kappa shape index (κ3) is 3.94. The van der Waals surface area contributed by atoms with Crippen LogP contribution in [-0.4, -0.2) is 33.6 Å². The molecular formula is C14H16N2O2S. The topological polar surface area (TPSA) is 76.2 Å². The van der Waals surface area contributed by atoms with Crippen LogP contribution in [0.15, 0.2) is 36.4 Å². The monoisotopic (exact) mass is 276 g/mol. The molecule has 19 heavy (non-hydrogen) atoms. The van der Waals surface area contributed by atoms with Gasteiger partial charge in [-0.15, -0.1) is 0 Å². The van der Waals surface area contributed by atoms with E-state index in [1.165, 1.54) is 0 Å². The van der Waals surface area contributed by atoms with Crippen molar-refractivity contribution in [3.63, 3.8) is 0 Å². The van der Waals surface area contributed by atoms with Crippen LogP contribution in [0.5, 0.6) is 0 Å². The number of hydrogen-bond donors (Lipinski definition) is 2. The van der Waals surface area contributed by atoms with E-state index in [0.717, 1.165) is 28.8 Å². The number of aliphatic carboxylic acids is 1. The summed E-state index contributed by atoms with van der Waals surface area (Å²) in [4.78, 5) is 15.1. The highest BCUT2D eigenvalue weighted by molar-refractivity contribution is 7.99. The molecule has 0 unspecified atom stereocenters. The van der Waals surface area contributed by atoms with Crippen LogP contribution in [0.1, 0.15) is 5.69 Å². The molecular weight excluding hydrogens is 260 g/mol. The van der Waals surface area contributed by atoms with Crippen LogP contribution in [0.25, 0.3) is 10.9 Å². The summed E-state index contributed by atoms with van der Waals surface area (Å²) in [5.41, 5.74) is 7.45. The van der Waals surface area contributed by atoms with Crippen molar-refractivity contribution in [1.29, 1.82) is 0 Å². The third-order valence-corrected chi connectivity index (χ3v) is 3.86. The Kier molecular flexibility index (Phi) is 4.76. The lowest BCUT2D eigenvalue weighted by Gasteiger charge is -2.06. The molecule has 0 radical (unpaired) electrons. The summed E-state index contributed by atoms with van der Waals surface area (Å²) >= 11 is 1.54. The molecule has 3 N–H and O–H groups in total. The quantitative estimate of drug-likeness (QED) is 0.788. The molecule has 0 aliphatic heterocycles. The van der Waals surface area contributed by atoms with Gasteiger partial charge < -0.3 is 10.8 Å². The number of carboxylic acid groups (broad SMARTS) is 1. The lowest BCUT2D eigenvalue weighted by Crippen LogP contribution is -2.32. The molecule has 0 aliphatic carbocycles. The smallest absolute Gasteiger partial charge is 0.321 e. The number of pyridine rings is 1. The number of aryl methyl sites for hydroxylation is 1. The van der Waals surface area contributed by atoms with Crippen molar-refractivity contribution in [2.45, 2.75) is 12.5 Å². The predicted octanol–water partition coefficient (Wildman–Crippen LogP) is 1.92. The summed E-state index contributed by atoms with van der Waals surface area (Å²) in [5.74, 6) is 0.311. The average Bonchev–Trinajstić information content (AvgIpc) is 2.43. The fraction of sp³-hybridized carbons (Fsp3) is 0.286. The molecule has 5 heteroatoms. The maximum absolute atomic E-state index is 10.6. The number of thioether (sulfide) groups is 1. The van der Waals surface area contributed by atoms with E-state index in [0.29, 0.717) is 5.75 Å². The number of fused-ring (bicyclic) bond motifs is 1.